The molecule has 1 aliphatic rings. The number of hydrogen-bond donors (Lipinski definition) is 1. The van der Waals surface area contributed by atoms with E-state index in [4.69, 9.17) is 4.74 Å². The first-order chi connectivity index (χ1) is 9.17. The lowest BCUT2D eigenvalue weighted by molar-refractivity contribution is 0.0723. The number of sulfone groups is 1. The predicted octanol–water partition coefficient (Wildman–Crippen LogP) is 2.37. The Hall–Kier alpha value is -1.33. The number of benzene rings is 1. The molecule has 0 spiro atoms. The van der Waals surface area contributed by atoms with Crippen molar-refractivity contribution in [2.45, 2.75) is 17.7 Å². The summed E-state index contributed by atoms with van der Waals surface area (Å²) in [5, 5.41) is 0.787. The smallest absolute Gasteiger partial charge is 0.180 e. The lowest BCUT2D eigenvalue weighted by atomic mass is 10.0. The van der Waals surface area contributed by atoms with Gasteiger partial charge in [0, 0.05) is 30.3 Å². The standard InChI is InChI=1S/C14H17NO3S/c16-19(17,10-11-5-7-18-8-6-11)14-9-15-13-4-2-1-3-12(13)14/h1-4,9,11,15H,5-8,10H2. The van der Waals surface area contributed by atoms with Gasteiger partial charge in [-0.1, -0.05) is 18.2 Å². The van der Waals surface area contributed by atoms with Gasteiger partial charge in [-0.25, -0.2) is 8.42 Å². The minimum atomic E-state index is -3.23. The predicted molar refractivity (Wildman–Crippen MR) is 73.9 cm³/mol. The third-order valence-electron chi connectivity index (χ3n) is 3.68. The fourth-order valence-electron chi connectivity index (χ4n) is 2.62. The molecule has 102 valence electrons. The summed E-state index contributed by atoms with van der Waals surface area (Å²) < 4.78 is 30.3. The summed E-state index contributed by atoms with van der Waals surface area (Å²) in [6.07, 6.45) is 3.28. The van der Waals surface area contributed by atoms with E-state index in [0.717, 1.165) is 23.7 Å². The van der Waals surface area contributed by atoms with Gasteiger partial charge in [-0.2, -0.15) is 0 Å². The molecule has 2 aromatic rings. The van der Waals surface area contributed by atoms with Crippen LogP contribution < -0.4 is 0 Å². The molecule has 19 heavy (non-hydrogen) atoms. The molecule has 1 aliphatic heterocycles. The molecule has 5 heteroatoms. The second-order valence-electron chi connectivity index (χ2n) is 5.04. The van der Waals surface area contributed by atoms with Gasteiger partial charge in [0.1, 0.15) is 0 Å². The van der Waals surface area contributed by atoms with Crippen LogP contribution in [0.3, 0.4) is 0 Å². The van der Waals surface area contributed by atoms with E-state index in [1.165, 1.54) is 0 Å². The van der Waals surface area contributed by atoms with Crippen LogP contribution in [0.15, 0.2) is 35.4 Å². The normalized spacial score (nSPS) is 17.9. The molecule has 1 aromatic heterocycles. The fourth-order valence-corrected chi connectivity index (χ4v) is 4.50. The van der Waals surface area contributed by atoms with Crippen molar-refractivity contribution in [3.63, 3.8) is 0 Å². The van der Waals surface area contributed by atoms with Crippen LogP contribution in [-0.2, 0) is 14.6 Å². The van der Waals surface area contributed by atoms with Crippen molar-refractivity contribution < 1.29 is 13.2 Å². The van der Waals surface area contributed by atoms with Gasteiger partial charge in [-0.3, -0.25) is 0 Å². The monoisotopic (exact) mass is 279 g/mol. The zero-order chi connectivity index (χ0) is 13.3. The Labute approximate surface area is 112 Å². The van der Waals surface area contributed by atoms with Crippen LogP contribution in [0.2, 0.25) is 0 Å². The summed E-state index contributed by atoms with van der Waals surface area (Å²) in [7, 11) is -3.23. The molecular weight excluding hydrogens is 262 g/mol. The highest BCUT2D eigenvalue weighted by molar-refractivity contribution is 7.91. The van der Waals surface area contributed by atoms with Crippen LogP contribution in [0.1, 0.15) is 12.8 Å². The maximum absolute atomic E-state index is 12.5. The van der Waals surface area contributed by atoms with Gasteiger partial charge in [-0.15, -0.1) is 0 Å². The van der Waals surface area contributed by atoms with Gasteiger partial charge in [0.25, 0.3) is 0 Å². The van der Waals surface area contributed by atoms with Crippen molar-refractivity contribution in [2.24, 2.45) is 5.92 Å². The summed E-state index contributed by atoms with van der Waals surface area (Å²) in [6, 6.07) is 7.50. The minimum Gasteiger partial charge on any atom is -0.381 e. The Morgan fingerprint density at radius 2 is 1.95 bits per heavy atom. The third-order valence-corrected chi connectivity index (χ3v) is 5.60. The van der Waals surface area contributed by atoms with Gasteiger partial charge < -0.3 is 9.72 Å². The molecule has 1 fully saturated rings. The molecule has 0 amide bonds. The van der Waals surface area contributed by atoms with E-state index in [1.807, 2.05) is 24.3 Å². The van der Waals surface area contributed by atoms with E-state index in [9.17, 15) is 8.42 Å². The van der Waals surface area contributed by atoms with Crippen molar-refractivity contribution in [2.75, 3.05) is 19.0 Å². The molecule has 0 aliphatic carbocycles. The largest absolute Gasteiger partial charge is 0.381 e. The summed E-state index contributed by atoms with van der Waals surface area (Å²) in [4.78, 5) is 3.45. The highest BCUT2D eigenvalue weighted by Gasteiger charge is 2.25. The maximum Gasteiger partial charge on any atom is 0.180 e. The molecule has 0 bridgehead atoms. The van der Waals surface area contributed by atoms with Gasteiger partial charge in [-0.05, 0) is 24.8 Å². The Morgan fingerprint density at radius 3 is 2.74 bits per heavy atom. The molecule has 3 rings (SSSR count). The highest BCUT2D eigenvalue weighted by atomic mass is 32.2. The number of nitrogens with one attached hydrogen (secondary N) is 1. The molecule has 1 N–H and O–H groups in total. The van der Waals surface area contributed by atoms with Gasteiger partial charge >= 0.3 is 0 Å². The first-order valence-electron chi connectivity index (χ1n) is 6.53. The molecule has 0 unspecified atom stereocenters. The lowest BCUT2D eigenvalue weighted by Gasteiger charge is -2.21. The van der Waals surface area contributed by atoms with Gasteiger partial charge in [0.15, 0.2) is 9.84 Å². The molecule has 4 nitrogen and oxygen atoms in total. The van der Waals surface area contributed by atoms with Crippen LogP contribution in [0.4, 0.5) is 0 Å². The number of fused-ring (bicyclic) bond motifs is 1. The summed E-state index contributed by atoms with van der Waals surface area (Å²) in [5.74, 6) is 0.436. The minimum absolute atomic E-state index is 0.215. The molecular formula is C14H17NO3S. The topological polar surface area (TPSA) is 59.2 Å². The highest BCUT2D eigenvalue weighted by Crippen LogP contribution is 2.26. The van der Waals surface area contributed by atoms with E-state index in [-0.39, 0.29) is 11.7 Å². The summed E-state index contributed by atoms with van der Waals surface area (Å²) in [6.45, 7) is 1.35. The van der Waals surface area contributed by atoms with Crippen molar-refractivity contribution in [3.8, 4) is 0 Å². The fraction of sp³-hybridized carbons (Fsp3) is 0.429. The molecule has 0 saturated carbocycles. The number of H-pyrrole nitrogens is 1. The van der Waals surface area contributed by atoms with Crippen molar-refractivity contribution in [3.05, 3.63) is 30.5 Å². The maximum atomic E-state index is 12.5. The van der Waals surface area contributed by atoms with Crippen LogP contribution >= 0.6 is 0 Å². The van der Waals surface area contributed by atoms with Crippen LogP contribution in [0, 0.1) is 5.92 Å². The zero-order valence-electron chi connectivity index (χ0n) is 10.6. The van der Waals surface area contributed by atoms with Crippen molar-refractivity contribution in [1.82, 2.24) is 4.98 Å². The SMILES string of the molecule is O=S(=O)(CC1CCOCC1)c1c[nH]c2ccccc12. The average molecular weight is 279 g/mol. The Bertz CT molecular complexity index is 669. The second-order valence-corrected chi connectivity index (χ2v) is 7.04. The van der Waals surface area contributed by atoms with Crippen LogP contribution in [0.25, 0.3) is 10.9 Å². The first kappa shape index (κ1) is 12.7. The van der Waals surface area contributed by atoms with E-state index < -0.39 is 9.84 Å². The molecule has 2 heterocycles. The van der Waals surface area contributed by atoms with Crippen LogP contribution in [-0.4, -0.2) is 32.4 Å². The number of ether oxygens (including phenoxy) is 1. The number of rotatable bonds is 3. The summed E-state index contributed by atoms with van der Waals surface area (Å²) >= 11 is 0. The van der Waals surface area contributed by atoms with E-state index in [0.29, 0.717) is 18.1 Å². The van der Waals surface area contributed by atoms with Crippen molar-refractivity contribution in [1.29, 1.82) is 0 Å². The summed E-state index contributed by atoms with van der Waals surface area (Å²) in [5.41, 5.74) is 0.869. The van der Waals surface area contributed by atoms with E-state index in [2.05, 4.69) is 4.98 Å². The first-order valence-corrected chi connectivity index (χ1v) is 8.19. The van der Waals surface area contributed by atoms with Gasteiger partial charge in [0.05, 0.1) is 10.6 Å². The second kappa shape index (κ2) is 4.98. The van der Waals surface area contributed by atoms with Crippen molar-refractivity contribution >= 4 is 20.7 Å². The third kappa shape index (κ3) is 2.53. The number of para-hydroxylation sites is 1. The molecule has 1 saturated heterocycles. The van der Waals surface area contributed by atoms with Gasteiger partial charge in [0.2, 0.25) is 0 Å². The molecule has 0 radical (unpaired) electrons. The number of aromatic nitrogens is 1. The Kier molecular flexibility index (Phi) is 3.33. The average Bonchev–Trinajstić information content (AvgIpc) is 2.84. The molecule has 0 atom stereocenters. The number of aromatic amines is 1. The van der Waals surface area contributed by atoms with E-state index in [1.54, 1.807) is 6.20 Å². The quantitative estimate of drug-likeness (QED) is 0.938. The lowest BCUT2D eigenvalue weighted by Crippen LogP contribution is -2.23. The zero-order valence-corrected chi connectivity index (χ0v) is 11.4. The number of hydrogen-bond acceptors (Lipinski definition) is 3. The van der Waals surface area contributed by atoms with E-state index >= 15 is 0 Å². The molecule has 1 aromatic carbocycles. The Balaban J connectivity index is 1.91. The van der Waals surface area contributed by atoms with Crippen LogP contribution in [0.5, 0.6) is 0 Å². The Morgan fingerprint density at radius 1 is 1.21 bits per heavy atom.